The first-order chi connectivity index (χ1) is 12.5. The third kappa shape index (κ3) is 3.18. The number of nitrogens with zero attached hydrogens (tertiary/aromatic N) is 5. The highest BCUT2D eigenvalue weighted by Gasteiger charge is 2.27. The first-order valence-electron chi connectivity index (χ1n) is 8.71. The van der Waals surface area contributed by atoms with Gasteiger partial charge in [-0.3, -0.25) is 0 Å². The Morgan fingerprint density at radius 1 is 1.23 bits per heavy atom. The van der Waals surface area contributed by atoms with Gasteiger partial charge in [0.15, 0.2) is 5.82 Å². The fourth-order valence-electron chi connectivity index (χ4n) is 3.32. The van der Waals surface area contributed by atoms with E-state index in [4.69, 9.17) is 4.52 Å². The minimum atomic E-state index is -0.303. The lowest BCUT2D eigenvalue weighted by atomic mass is 9.96. The molecule has 0 amide bonds. The molecule has 0 spiro atoms. The van der Waals surface area contributed by atoms with Crippen molar-refractivity contribution in [3.63, 3.8) is 0 Å². The van der Waals surface area contributed by atoms with E-state index < -0.39 is 0 Å². The minimum Gasteiger partial charge on any atom is -0.356 e. The van der Waals surface area contributed by atoms with Gasteiger partial charge in [-0.15, -0.1) is 0 Å². The third-order valence-electron chi connectivity index (χ3n) is 4.75. The molecule has 3 heterocycles. The van der Waals surface area contributed by atoms with Crippen molar-refractivity contribution in [3.05, 3.63) is 40.5 Å². The molecule has 0 bridgehead atoms. The van der Waals surface area contributed by atoms with Gasteiger partial charge in [-0.25, -0.2) is 14.4 Å². The zero-order chi connectivity index (χ0) is 18.3. The Kier molecular flexibility index (Phi) is 4.60. The van der Waals surface area contributed by atoms with Crippen LogP contribution in [-0.2, 0) is 0 Å². The van der Waals surface area contributed by atoms with Crippen molar-refractivity contribution in [2.75, 3.05) is 18.0 Å². The lowest BCUT2D eigenvalue weighted by Gasteiger charge is -2.31. The number of benzene rings is 1. The maximum absolute atomic E-state index is 13.9. The van der Waals surface area contributed by atoms with Crippen LogP contribution in [-0.4, -0.2) is 33.2 Å². The van der Waals surface area contributed by atoms with Crippen LogP contribution in [0.5, 0.6) is 0 Å². The summed E-state index contributed by atoms with van der Waals surface area (Å²) >= 11 is 3.38. The summed E-state index contributed by atoms with van der Waals surface area (Å²) in [6.07, 6.45) is 3.31. The maximum atomic E-state index is 13.9. The predicted octanol–water partition coefficient (Wildman–Crippen LogP) is 4.42. The molecular weight excluding hydrogens is 401 g/mol. The second-order valence-electron chi connectivity index (χ2n) is 6.89. The van der Waals surface area contributed by atoms with Gasteiger partial charge >= 0.3 is 0 Å². The normalized spacial score (nSPS) is 16.0. The van der Waals surface area contributed by atoms with Gasteiger partial charge in [0.1, 0.15) is 18.0 Å². The Morgan fingerprint density at radius 2 is 2.00 bits per heavy atom. The molecule has 1 aliphatic rings. The maximum Gasteiger partial charge on any atom is 0.229 e. The van der Waals surface area contributed by atoms with Crippen LogP contribution < -0.4 is 4.90 Å². The van der Waals surface area contributed by atoms with Crippen LogP contribution in [0.25, 0.3) is 10.9 Å². The summed E-state index contributed by atoms with van der Waals surface area (Å²) in [6.45, 7) is 5.69. The SMILES string of the molecule is CC(C)c1noc(C2CCN(c3ncnc4c(Br)cc(F)cc34)CC2)n1. The molecule has 3 aromatic rings. The van der Waals surface area contributed by atoms with Crippen molar-refractivity contribution >= 4 is 32.7 Å². The van der Waals surface area contributed by atoms with Gasteiger partial charge in [-0.1, -0.05) is 19.0 Å². The molecule has 6 nitrogen and oxygen atoms in total. The lowest BCUT2D eigenvalue weighted by Crippen LogP contribution is -2.33. The van der Waals surface area contributed by atoms with E-state index in [0.29, 0.717) is 4.47 Å². The first kappa shape index (κ1) is 17.3. The molecule has 136 valence electrons. The van der Waals surface area contributed by atoms with Crippen LogP contribution in [0.1, 0.15) is 50.2 Å². The molecular formula is C18H19BrFN5O. The number of rotatable bonds is 3. The molecule has 0 N–H and O–H groups in total. The largest absolute Gasteiger partial charge is 0.356 e. The standard InChI is InChI=1S/C18H19BrFN5O/c1-10(2)16-23-18(26-24-16)11-3-5-25(6-4-11)17-13-7-12(20)8-14(19)15(13)21-9-22-17/h7-11H,3-6H2,1-2H3. The molecule has 0 radical (unpaired) electrons. The number of halogens is 2. The van der Waals surface area contributed by atoms with E-state index in [2.05, 4.69) is 54.8 Å². The molecule has 1 saturated heterocycles. The van der Waals surface area contributed by atoms with E-state index in [1.54, 1.807) is 0 Å². The molecule has 1 aromatic carbocycles. The van der Waals surface area contributed by atoms with Crippen LogP contribution in [0.3, 0.4) is 0 Å². The fraction of sp³-hybridized carbons (Fsp3) is 0.444. The summed E-state index contributed by atoms with van der Waals surface area (Å²) in [5.74, 6) is 2.44. The summed E-state index contributed by atoms with van der Waals surface area (Å²) in [4.78, 5) is 15.4. The average Bonchev–Trinajstić information content (AvgIpc) is 3.12. The smallest absolute Gasteiger partial charge is 0.229 e. The Hall–Kier alpha value is -2.09. The number of anilines is 1. The van der Waals surface area contributed by atoms with Crippen LogP contribution >= 0.6 is 15.9 Å². The number of fused-ring (bicyclic) bond motifs is 1. The van der Waals surface area contributed by atoms with E-state index in [1.165, 1.54) is 18.5 Å². The highest BCUT2D eigenvalue weighted by atomic mass is 79.9. The Bertz CT molecular complexity index is 936. The number of aromatic nitrogens is 4. The second-order valence-corrected chi connectivity index (χ2v) is 7.74. The highest BCUT2D eigenvalue weighted by Crippen LogP contribution is 2.34. The second kappa shape index (κ2) is 6.90. The molecule has 0 atom stereocenters. The summed E-state index contributed by atoms with van der Waals surface area (Å²) in [6, 6.07) is 2.92. The van der Waals surface area contributed by atoms with Crippen LogP contribution in [0.2, 0.25) is 0 Å². The fourth-order valence-corrected chi connectivity index (χ4v) is 3.85. The summed E-state index contributed by atoms with van der Waals surface area (Å²) in [5.41, 5.74) is 0.719. The zero-order valence-corrected chi connectivity index (χ0v) is 16.2. The molecule has 26 heavy (non-hydrogen) atoms. The minimum absolute atomic E-state index is 0.253. The zero-order valence-electron chi connectivity index (χ0n) is 14.6. The van der Waals surface area contributed by atoms with Crippen LogP contribution in [0.15, 0.2) is 27.5 Å². The Morgan fingerprint density at radius 3 is 2.69 bits per heavy atom. The van der Waals surface area contributed by atoms with Crippen molar-refractivity contribution in [1.29, 1.82) is 0 Å². The molecule has 2 aromatic heterocycles. The molecule has 4 rings (SSSR count). The van der Waals surface area contributed by atoms with E-state index >= 15 is 0 Å². The summed E-state index contributed by atoms with van der Waals surface area (Å²) in [5, 5.41) is 4.78. The summed E-state index contributed by atoms with van der Waals surface area (Å²) < 4.78 is 19.9. The van der Waals surface area contributed by atoms with Gasteiger partial charge in [0.25, 0.3) is 0 Å². The monoisotopic (exact) mass is 419 g/mol. The van der Waals surface area contributed by atoms with Gasteiger partial charge in [-0.05, 0) is 40.9 Å². The predicted molar refractivity (Wildman–Crippen MR) is 99.8 cm³/mol. The van der Waals surface area contributed by atoms with Crippen molar-refractivity contribution in [1.82, 2.24) is 20.1 Å². The summed E-state index contributed by atoms with van der Waals surface area (Å²) in [7, 11) is 0. The molecule has 1 fully saturated rings. The molecule has 0 unspecified atom stereocenters. The first-order valence-corrected chi connectivity index (χ1v) is 9.50. The van der Waals surface area contributed by atoms with Gasteiger partial charge in [0.2, 0.25) is 5.89 Å². The van der Waals surface area contributed by atoms with Crippen molar-refractivity contribution in [2.45, 2.75) is 38.5 Å². The number of hydrogen-bond donors (Lipinski definition) is 0. The van der Waals surface area contributed by atoms with Gasteiger partial charge in [0, 0.05) is 34.8 Å². The number of hydrogen-bond acceptors (Lipinski definition) is 6. The van der Waals surface area contributed by atoms with Crippen molar-refractivity contribution in [2.24, 2.45) is 0 Å². The van der Waals surface area contributed by atoms with Crippen LogP contribution in [0, 0.1) is 5.82 Å². The average molecular weight is 420 g/mol. The Labute approximate surface area is 159 Å². The van der Waals surface area contributed by atoms with E-state index in [9.17, 15) is 4.39 Å². The van der Waals surface area contributed by atoms with Gasteiger partial charge in [-0.2, -0.15) is 4.98 Å². The molecule has 0 saturated carbocycles. The Balaban J connectivity index is 1.55. The number of piperidine rings is 1. The highest BCUT2D eigenvalue weighted by molar-refractivity contribution is 9.10. The molecule has 1 aliphatic heterocycles. The van der Waals surface area contributed by atoms with E-state index in [-0.39, 0.29) is 17.7 Å². The van der Waals surface area contributed by atoms with Crippen LogP contribution in [0.4, 0.5) is 10.2 Å². The van der Waals surface area contributed by atoms with E-state index in [1.807, 2.05) is 0 Å². The van der Waals surface area contributed by atoms with Gasteiger partial charge < -0.3 is 9.42 Å². The van der Waals surface area contributed by atoms with E-state index in [0.717, 1.165) is 54.4 Å². The lowest BCUT2D eigenvalue weighted by molar-refractivity contribution is 0.326. The topological polar surface area (TPSA) is 67.9 Å². The third-order valence-corrected chi connectivity index (χ3v) is 5.36. The molecule has 8 heteroatoms. The quantitative estimate of drug-likeness (QED) is 0.625. The molecule has 0 aliphatic carbocycles. The van der Waals surface area contributed by atoms with Crippen molar-refractivity contribution in [3.8, 4) is 0 Å². The van der Waals surface area contributed by atoms with Crippen molar-refractivity contribution < 1.29 is 8.91 Å². The van der Waals surface area contributed by atoms with Gasteiger partial charge in [0.05, 0.1) is 5.52 Å².